The summed E-state index contributed by atoms with van der Waals surface area (Å²) in [6, 6.07) is 0.935. The van der Waals surface area contributed by atoms with E-state index < -0.39 is 8.80 Å². The van der Waals surface area contributed by atoms with E-state index in [-0.39, 0.29) is 0 Å². The van der Waals surface area contributed by atoms with Crippen molar-refractivity contribution in [3.8, 4) is 0 Å². The van der Waals surface area contributed by atoms with E-state index in [1.54, 1.807) is 21.3 Å². The van der Waals surface area contributed by atoms with Gasteiger partial charge in [-0.1, -0.05) is 78.6 Å². The zero-order chi connectivity index (χ0) is 23.3. The van der Waals surface area contributed by atoms with Gasteiger partial charge in [-0.2, -0.15) is 0 Å². The molecule has 0 aromatic rings. The van der Waals surface area contributed by atoms with E-state index in [0.717, 1.165) is 12.5 Å². The number of nitrogens with zero attached hydrogens (tertiary/aromatic N) is 1. The summed E-state index contributed by atoms with van der Waals surface area (Å²) in [5.74, 6) is 0. The first kappa shape index (κ1) is 31.1. The maximum atomic E-state index is 5.50. The van der Waals surface area contributed by atoms with Crippen molar-refractivity contribution in [2.75, 3.05) is 47.5 Å². The highest BCUT2D eigenvalue weighted by atomic mass is 28.4. The number of hydrogen-bond acceptors (Lipinski definition) is 3. The normalized spacial score (nSPS) is 12.6. The van der Waals surface area contributed by atoms with Crippen LogP contribution in [0.1, 0.15) is 117 Å². The smallest absolute Gasteiger partial charge is 0.377 e. The van der Waals surface area contributed by atoms with Crippen molar-refractivity contribution in [1.29, 1.82) is 0 Å². The number of hydrogen-bond donors (Lipinski definition) is 0. The Morgan fingerprint density at radius 3 is 1.13 bits per heavy atom. The van der Waals surface area contributed by atoms with Gasteiger partial charge >= 0.3 is 8.80 Å². The fraction of sp³-hybridized carbons (Fsp3) is 1.00. The monoisotopic (exact) mass is 460 g/mol. The van der Waals surface area contributed by atoms with Gasteiger partial charge in [0.15, 0.2) is 0 Å². The van der Waals surface area contributed by atoms with E-state index >= 15 is 0 Å². The minimum Gasteiger partial charge on any atom is -0.377 e. The highest BCUT2D eigenvalue weighted by Crippen LogP contribution is 2.20. The maximum absolute atomic E-state index is 5.50. The second-order valence-corrected chi connectivity index (χ2v) is 12.6. The molecule has 0 aliphatic rings. The molecule has 0 fully saturated rings. The molecule has 0 saturated carbocycles. The summed E-state index contributed by atoms with van der Waals surface area (Å²) in [4.78, 5) is 0. The number of rotatable bonds is 24. The summed E-state index contributed by atoms with van der Waals surface area (Å²) in [6.07, 6.45) is 20.4. The molecule has 0 heterocycles. The van der Waals surface area contributed by atoms with Gasteiger partial charge in [0.2, 0.25) is 0 Å². The van der Waals surface area contributed by atoms with Crippen molar-refractivity contribution < 1.29 is 17.8 Å². The molecule has 0 radical (unpaired) electrons. The molecule has 0 rings (SSSR count). The maximum Gasteiger partial charge on any atom is 0.500 e. The average Bonchev–Trinajstić information content (AvgIpc) is 2.81. The first-order valence-electron chi connectivity index (χ1n) is 13.6. The first-order valence-corrected chi connectivity index (χ1v) is 15.5. The molecule has 0 spiro atoms. The van der Waals surface area contributed by atoms with Crippen LogP contribution in [0.2, 0.25) is 6.04 Å². The second-order valence-electron chi connectivity index (χ2n) is 9.52. The molecule has 0 aliphatic heterocycles. The molecular formula is C26H58NO3Si+. The van der Waals surface area contributed by atoms with Gasteiger partial charge in [0, 0.05) is 27.4 Å². The zero-order valence-corrected chi connectivity index (χ0v) is 23.3. The Kier molecular flexibility index (Phi) is 20.7. The topological polar surface area (TPSA) is 27.7 Å². The van der Waals surface area contributed by atoms with Crippen LogP contribution in [-0.4, -0.2) is 60.8 Å². The minimum absolute atomic E-state index is 0.935. The van der Waals surface area contributed by atoms with Gasteiger partial charge in [0.1, 0.15) is 0 Å². The van der Waals surface area contributed by atoms with Crippen LogP contribution in [0.25, 0.3) is 0 Å². The van der Waals surface area contributed by atoms with Crippen molar-refractivity contribution >= 4 is 8.80 Å². The minimum atomic E-state index is -2.35. The summed E-state index contributed by atoms with van der Waals surface area (Å²) in [6.45, 7) is 12.7. The lowest BCUT2D eigenvalue weighted by molar-refractivity contribution is -0.929. The molecule has 0 aliphatic carbocycles. The van der Waals surface area contributed by atoms with Crippen LogP contribution in [0, 0.1) is 0 Å². The van der Waals surface area contributed by atoms with Gasteiger partial charge in [-0.15, -0.1) is 0 Å². The molecule has 0 atom stereocenters. The molecule has 4 nitrogen and oxygen atoms in total. The third-order valence-electron chi connectivity index (χ3n) is 7.01. The van der Waals surface area contributed by atoms with Crippen molar-refractivity contribution in [2.24, 2.45) is 0 Å². The Labute approximate surface area is 197 Å². The van der Waals surface area contributed by atoms with Crippen molar-refractivity contribution in [2.45, 2.75) is 123 Å². The highest BCUT2D eigenvalue weighted by Gasteiger charge is 2.36. The van der Waals surface area contributed by atoms with Gasteiger partial charge in [-0.25, -0.2) is 0 Å². The van der Waals surface area contributed by atoms with E-state index in [1.807, 2.05) is 0 Å². The van der Waals surface area contributed by atoms with Gasteiger partial charge in [-0.3, -0.25) is 0 Å². The largest absolute Gasteiger partial charge is 0.500 e. The quantitative estimate of drug-likeness (QED) is 0.0843. The van der Waals surface area contributed by atoms with Crippen LogP contribution in [0.4, 0.5) is 0 Å². The van der Waals surface area contributed by atoms with Gasteiger partial charge in [-0.05, 0) is 38.5 Å². The van der Waals surface area contributed by atoms with Crippen molar-refractivity contribution in [3.05, 3.63) is 0 Å². The summed E-state index contributed by atoms with van der Waals surface area (Å²) < 4.78 is 17.9. The highest BCUT2D eigenvalue weighted by molar-refractivity contribution is 6.60. The SMILES string of the molecule is CCCC[N+](CCCC)(CCCC)CCCCCCCCCCC[Si](OC)(OC)OC. The Balaban J connectivity index is 3.97. The Morgan fingerprint density at radius 2 is 0.774 bits per heavy atom. The molecule has 0 aromatic heterocycles. The van der Waals surface area contributed by atoms with E-state index in [2.05, 4.69) is 20.8 Å². The third-order valence-corrected chi connectivity index (χ3v) is 9.84. The summed E-state index contributed by atoms with van der Waals surface area (Å²) >= 11 is 0. The standard InChI is InChI=1S/C26H58NO3Si/c1-7-10-22-27(23-11-8-2,24-12-9-3)25-20-18-16-14-13-15-17-19-21-26-31(28-4,29-5)30-6/h7-26H2,1-6H3/q+1. The molecule has 31 heavy (non-hydrogen) atoms. The van der Waals surface area contributed by atoms with Crippen molar-refractivity contribution in [1.82, 2.24) is 0 Å². The molecule has 5 heteroatoms. The lowest BCUT2D eigenvalue weighted by Gasteiger charge is -2.39. The van der Waals surface area contributed by atoms with Crippen LogP contribution in [0.15, 0.2) is 0 Å². The fourth-order valence-electron chi connectivity index (χ4n) is 4.73. The van der Waals surface area contributed by atoms with E-state index in [4.69, 9.17) is 13.3 Å². The van der Waals surface area contributed by atoms with Crippen LogP contribution >= 0.6 is 0 Å². The molecule has 0 saturated heterocycles. The Bertz CT molecular complexity index is 348. The molecule has 0 N–H and O–H groups in total. The van der Waals surface area contributed by atoms with E-state index in [9.17, 15) is 0 Å². The van der Waals surface area contributed by atoms with Crippen LogP contribution in [0.3, 0.4) is 0 Å². The predicted molar refractivity (Wildman–Crippen MR) is 138 cm³/mol. The predicted octanol–water partition coefficient (Wildman–Crippen LogP) is 7.59. The average molecular weight is 461 g/mol. The Hall–Kier alpha value is 0.0569. The van der Waals surface area contributed by atoms with Gasteiger partial charge < -0.3 is 17.8 Å². The summed E-state index contributed by atoms with van der Waals surface area (Å²) in [5, 5.41) is 0. The molecule has 0 aromatic carbocycles. The molecule has 0 bridgehead atoms. The third kappa shape index (κ3) is 14.7. The summed E-state index contributed by atoms with van der Waals surface area (Å²) in [5.41, 5.74) is 0. The van der Waals surface area contributed by atoms with Crippen molar-refractivity contribution in [3.63, 3.8) is 0 Å². The van der Waals surface area contributed by atoms with Crippen LogP contribution in [-0.2, 0) is 13.3 Å². The first-order chi connectivity index (χ1) is 15.1. The van der Waals surface area contributed by atoms with Crippen LogP contribution in [0.5, 0.6) is 0 Å². The van der Waals surface area contributed by atoms with Gasteiger partial charge in [0.05, 0.1) is 26.2 Å². The lowest BCUT2D eigenvalue weighted by Crippen LogP contribution is -2.50. The number of quaternary nitrogens is 1. The lowest BCUT2D eigenvalue weighted by atomic mass is 10.1. The molecular weight excluding hydrogens is 402 g/mol. The van der Waals surface area contributed by atoms with E-state index in [0.29, 0.717) is 0 Å². The summed E-state index contributed by atoms with van der Waals surface area (Å²) in [7, 11) is 2.77. The second kappa shape index (κ2) is 20.6. The van der Waals surface area contributed by atoms with Crippen LogP contribution < -0.4 is 0 Å². The molecule has 0 amide bonds. The molecule has 188 valence electrons. The molecule has 0 unspecified atom stereocenters. The number of unbranched alkanes of at least 4 members (excludes halogenated alkanes) is 11. The zero-order valence-electron chi connectivity index (χ0n) is 22.3. The fourth-order valence-corrected chi connectivity index (χ4v) is 6.53. The van der Waals surface area contributed by atoms with Gasteiger partial charge in [0.25, 0.3) is 0 Å². The van der Waals surface area contributed by atoms with E-state index in [1.165, 1.54) is 121 Å². The Morgan fingerprint density at radius 1 is 0.452 bits per heavy atom.